The summed E-state index contributed by atoms with van der Waals surface area (Å²) in [6.45, 7) is 0.808. The highest BCUT2D eigenvalue weighted by molar-refractivity contribution is 5.88. The third kappa shape index (κ3) is 2.91. The molecule has 0 aromatic heterocycles. The molecule has 5 heteroatoms. The Morgan fingerprint density at radius 3 is 2.67 bits per heavy atom. The number of methoxy groups -OCH3 is 2. The zero-order chi connectivity index (χ0) is 11.3. The summed E-state index contributed by atoms with van der Waals surface area (Å²) in [5.41, 5.74) is -0.759. The summed E-state index contributed by atoms with van der Waals surface area (Å²) in [5, 5.41) is 11.5. The van der Waals surface area contributed by atoms with Crippen molar-refractivity contribution in [1.82, 2.24) is 5.32 Å². The zero-order valence-corrected chi connectivity index (χ0v) is 9.08. The maximum atomic E-state index is 11.6. The van der Waals surface area contributed by atoms with Crippen LogP contribution in [0.5, 0.6) is 0 Å². The molecule has 0 aromatic carbocycles. The lowest BCUT2D eigenvalue weighted by Gasteiger charge is -2.16. The minimum Gasteiger partial charge on any atom is -0.382 e. The fraction of sp³-hybridized carbons (Fsp3) is 0.800. The molecule has 0 heterocycles. The molecule has 1 aliphatic carbocycles. The molecule has 1 rings (SSSR count). The summed E-state index contributed by atoms with van der Waals surface area (Å²) in [4.78, 5) is 11.6. The third-order valence-corrected chi connectivity index (χ3v) is 2.57. The van der Waals surface area contributed by atoms with Crippen molar-refractivity contribution in [2.75, 3.05) is 27.4 Å². The Balaban J connectivity index is 2.30. The number of nitrogens with zero attached hydrogens (tertiary/aromatic N) is 1. The second kappa shape index (κ2) is 5.10. The van der Waals surface area contributed by atoms with E-state index in [9.17, 15) is 4.79 Å². The molecule has 1 fully saturated rings. The van der Waals surface area contributed by atoms with Crippen molar-refractivity contribution in [3.8, 4) is 6.07 Å². The van der Waals surface area contributed by atoms with Gasteiger partial charge in [-0.25, -0.2) is 0 Å². The molecule has 15 heavy (non-hydrogen) atoms. The van der Waals surface area contributed by atoms with Gasteiger partial charge < -0.3 is 14.8 Å². The van der Waals surface area contributed by atoms with Crippen LogP contribution >= 0.6 is 0 Å². The fourth-order valence-corrected chi connectivity index (χ4v) is 1.29. The van der Waals surface area contributed by atoms with E-state index >= 15 is 0 Å². The Bertz CT molecular complexity index is 268. The lowest BCUT2D eigenvalue weighted by molar-refractivity contribution is -0.125. The van der Waals surface area contributed by atoms with Crippen LogP contribution in [-0.2, 0) is 14.3 Å². The van der Waals surface area contributed by atoms with Gasteiger partial charge in [0.1, 0.15) is 5.41 Å². The second-order valence-corrected chi connectivity index (χ2v) is 3.72. The molecule has 0 aromatic rings. The van der Waals surface area contributed by atoms with Crippen molar-refractivity contribution in [2.24, 2.45) is 5.41 Å². The van der Waals surface area contributed by atoms with E-state index in [2.05, 4.69) is 5.32 Å². The molecule has 1 atom stereocenters. The van der Waals surface area contributed by atoms with E-state index in [4.69, 9.17) is 14.7 Å². The van der Waals surface area contributed by atoms with Crippen LogP contribution in [0.2, 0.25) is 0 Å². The molecule has 1 amide bonds. The van der Waals surface area contributed by atoms with Gasteiger partial charge in [0.05, 0.1) is 18.8 Å². The highest BCUT2D eigenvalue weighted by Gasteiger charge is 2.50. The Hall–Kier alpha value is -1.12. The van der Waals surface area contributed by atoms with Crippen LogP contribution in [0, 0.1) is 16.7 Å². The zero-order valence-electron chi connectivity index (χ0n) is 9.08. The van der Waals surface area contributed by atoms with Gasteiger partial charge in [0.2, 0.25) is 5.91 Å². The number of rotatable bonds is 6. The van der Waals surface area contributed by atoms with E-state index in [0.717, 1.165) is 0 Å². The highest BCUT2D eigenvalue weighted by atomic mass is 16.5. The number of carbonyl (C=O) groups excluding carboxylic acids is 1. The lowest BCUT2D eigenvalue weighted by Crippen LogP contribution is -2.39. The number of amides is 1. The van der Waals surface area contributed by atoms with E-state index < -0.39 is 5.41 Å². The Kier molecular flexibility index (Phi) is 4.06. The van der Waals surface area contributed by atoms with Gasteiger partial charge in [0, 0.05) is 20.8 Å². The highest BCUT2D eigenvalue weighted by Crippen LogP contribution is 2.44. The molecule has 0 radical (unpaired) electrons. The van der Waals surface area contributed by atoms with Crippen molar-refractivity contribution in [1.29, 1.82) is 5.26 Å². The van der Waals surface area contributed by atoms with Gasteiger partial charge in [-0.05, 0) is 12.8 Å². The quantitative estimate of drug-likeness (QED) is 0.676. The molecule has 5 nitrogen and oxygen atoms in total. The third-order valence-electron chi connectivity index (χ3n) is 2.57. The minimum absolute atomic E-state index is 0.159. The van der Waals surface area contributed by atoms with Crippen LogP contribution in [0.1, 0.15) is 12.8 Å². The fourth-order valence-electron chi connectivity index (χ4n) is 1.29. The number of nitrogens with one attached hydrogen (secondary N) is 1. The van der Waals surface area contributed by atoms with E-state index in [0.29, 0.717) is 26.0 Å². The first-order valence-electron chi connectivity index (χ1n) is 4.90. The summed E-state index contributed by atoms with van der Waals surface area (Å²) < 4.78 is 10.00. The first-order chi connectivity index (χ1) is 7.18. The molecule has 84 valence electrons. The SMILES string of the molecule is COCC(CNC(=O)C1(C#N)CC1)OC. The minimum atomic E-state index is -0.759. The normalized spacial score (nSPS) is 19.0. The monoisotopic (exact) mass is 212 g/mol. The lowest BCUT2D eigenvalue weighted by atomic mass is 10.1. The Labute approximate surface area is 89.3 Å². The molecule has 1 unspecified atom stereocenters. The number of nitriles is 1. The van der Waals surface area contributed by atoms with Crippen molar-refractivity contribution < 1.29 is 14.3 Å². The summed E-state index contributed by atoms with van der Waals surface area (Å²) in [7, 11) is 3.14. The molecule has 0 saturated heterocycles. The smallest absolute Gasteiger partial charge is 0.240 e. The maximum absolute atomic E-state index is 11.6. The van der Waals surface area contributed by atoms with Crippen molar-refractivity contribution in [3.63, 3.8) is 0 Å². The van der Waals surface area contributed by atoms with Crippen molar-refractivity contribution in [2.45, 2.75) is 18.9 Å². The average Bonchev–Trinajstić information content (AvgIpc) is 3.04. The van der Waals surface area contributed by atoms with Crippen LogP contribution in [0.3, 0.4) is 0 Å². The van der Waals surface area contributed by atoms with Crippen LogP contribution in [0.25, 0.3) is 0 Å². The number of hydrogen-bond donors (Lipinski definition) is 1. The number of hydrogen-bond acceptors (Lipinski definition) is 4. The van der Waals surface area contributed by atoms with Gasteiger partial charge in [0.25, 0.3) is 0 Å². The van der Waals surface area contributed by atoms with E-state index in [1.807, 2.05) is 6.07 Å². The van der Waals surface area contributed by atoms with Gasteiger partial charge in [-0.15, -0.1) is 0 Å². The van der Waals surface area contributed by atoms with Crippen molar-refractivity contribution >= 4 is 5.91 Å². The van der Waals surface area contributed by atoms with E-state index in [1.165, 1.54) is 0 Å². The van der Waals surface area contributed by atoms with Crippen molar-refractivity contribution in [3.05, 3.63) is 0 Å². The van der Waals surface area contributed by atoms with Gasteiger partial charge in [-0.1, -0.05) is 0 Å². The average molecular weight is 212 g/mol. The summed E-state index contributed by atoms with van der Waals surface area (Å²) in [5.74, 6) is -0.192. The molecular weight excluding hydrogens is 196 g/mol. The van der Waals surface area contributed by atoms with Gasteiger partial charge in [-0.2, -0.15) is 5.26 Å². The standard InChI is InChI=1S/C10H16N2O3/c1-14-6-8(15-2)5-12-9(13)10(7-11)3-4-10/h8H,3-6H2,1-2H3,(H,12,13). The largest absolute Gasteiger partial charge is 0.382 e. The summed E-state index contributed by atoms with van der Waals surface area (Å²) >= 11 is 0. The van der Waals surface area contributed by atoms with E-state index in [1.54, 1.807) is 14.2 Å². The van der Waals surface area contributed by atoms with Crippen LogP contribution in [0.15, 0.2) is 0 Å². The predicted octanol–water partition coefficient (Wildman–Crippen LogP) is 0.0678. The molecule has 1 aliphatic rings. The maximum Gasteiger partial charge on any atom is 0.240 e. The predicted molar refractivity (Wildman–Crippen MR) is 53.0 cm³/mol. The Morgan fingerprint density at radius 2 is 2.27 bits per heavy atom. The number of ether oxygens (including phenoxy) is 2. The van der Waals surface area contributed by atoms with Crippen LogP contribution in [0.4, 0.5) is 0 Å². The topological polar surface area (TPSA) is 71.3 Å². The second-order valence-electron chi connectivity index (χ2n) is 3.72. The molecule has 0 aliphatic heterocycles. The molecule has 0 spiro atoms. The van der Waals surface area contributed by atoms with Gasteiger partial charge in [0.15, 0.2) is 0 Å². The van der Waals surface area contributed by atoms with Crippen LogP contribution in [-0.4, -0.2) is 39.4 Å². The number of carbonyl (C=O) groups is 1. The summed E-state index contributed by atoms with van der Waals surface area (Å²) in [6, 6.07) is 2.04. The first kappa shape index (κ1) is 12.0. The molecule has 0 bridgehead atoms. The molecule has 1 saturated carbocycles. The molecule has 1 N–H and O–H groups in total. The van der Waals surface area contributed by atoms with E-state index in [-0.39, 0.29) is 12.0 Å². The molecular formula is C10H16N2O3. The van der Waals surface area contributed by atoms with Crippen LogP contribution < -0.4 is 5.32 Å². The Morgan fingerprint density at radius 1 is 1.60 bits per heavy atom. The van der Waals surface area contributed by atoms with Gasteiger partial charge in [-0.3, -0.25) is 4.79 Å². The van der Waals surface area contributed by atoms with Gasteiger partial charge >= 0.3 is 0 Å². The summed E-state index contributed by atoms with van der Waals surface area (Å²) in [6.07, 6.45) is 1.17. The first-order valence-corrected chi connectivity index (χ1v) is 4.90.